The summed E-state index contributed by atoms with van der Waals surface area (Å²) < 4.78 is 30.5. The first-order valence-electron chi connectivity index (χ1n) is 7.55. The van der Waals surface area contributed by atoms with E-state index in [2.05, 4.69) is 20.4 Å². The maximum absolute atomic E-state index is 14.4. The first-order valence-corrected chi connectivity index (χ1v) is 7.55. The third kappa shape index (κ3) is 3.26. The minimum atomic E-state index is -1.79. The Balaban J connectivity index is 2.07. The highest BCUT2D eigenvalue weighted by Crippen LogP contribution is 2.36. The molecule has 25 heavy (non-hydrogen) atoms. The van der Waals surface area contributed by atoms with E-state index in [1.54, 1.807) is 13.1 Å². The van der Waals surface area contributed by atoms with Gasteiger partial charge in [0.25, 0.3) is 0 Å². The lowest BCUT2D eigenvalue weighted by molar-refractivity contribution is -0.0374. The zero-order valence-electron chi connectivity index (χ0n) is 13.4. The molecule has 0 aliphatic rings. The molecule has 2 aromatic heterocycles. The highest BCUT2D eigenvalue weighted by atomic mass is 19.1. The van der Waals surface area contributed by atoms with E-state index in [0.717, 1.165) is 12.1 Å². The molecule has 0 fully saturated rings. The standard InChI is InChI=1S/C15H17F2N7O/c1-10(24-6-12(5-18)21-22-24)15(25,7-23-9-19-8-20-23)13-3-2-11(16)4-14(13)17/h2-4,6,8-10,25H,5,7,18H2,1H3/t10-,15-/m1/s1. The van der Waals surface area contributed by atoms with E-state index in [0.29, 0.717) is 5.69 Å². The average molecular weight is 349 g/mol. The molecule has 0 aliphatic heterocycles. The van der Waals surface area contributed by atoms with Gasteiger partial charge in [-0.05, 0) is 13.0 Å². The molecule has 0 saturated heterocycles. The molecule has 0 saturated carbocycles. The summed E-state index contributed by atoms with van der Waals surface area (Å²) in [5.41, 5.74) is 4.19. The van der Waals surface area contributed by atoms with Crippen LogP contribution in [0.25, 0.3) is 0 Å². The Morgan fingerprint density at radius 1 is 1.36 bits per heavy atom. The van der Waals surface area contributed by atoms with E-state index in [-0.39, 0.29) is 18.7 Å². The second-order valence-corrected chi connectivity index (χ2v) is 5.71. The van der Waals surface area contributed by atoms with Gasteiger partial charge in [0.05, 0.1) is 24.5 Å². The Kier molecular flexibility index (Phi) is 4.55. The van der Waals surface area contributed by atoms with Gasteiger partial charge in [-0.3, -0.25) is 0 Å². The zero-order valence-corrected chi connectivity index (χ0v) is 13.4. The van der Waals surface area contributed by atoms with Crippen LogP contribution in [0.2, 0.25) is 0 Å². The number of aliphatic hydroxyl groups is 1. The normalized spacial score (nSPS) is 15.1. The maximum Gasteiger partial charge on any atom is 0.137 e. The topological polar surface area (TPSA) is 108 Å². The third-order valence-electron chi connectivity index (χ3n) is 4.12. The zero-order chi connectivity index (χ0) is 18.0. The van der Waals surface area contributed by atoms with Gasteiger partial charge in [0.2, 0.25) is 0 Å². The van der Waals surface area contributed by atoms with Crippen molar-refractivity contribution in [1.29, 1.82) is 0 Å². The summed E-state index contributed by atoms with van der Waals surface area (Å²) in [7, 11) is 0. The summed E-state index contributed by atoms with van der Waals surface area (Å²) in [4.78, 5) is 3.82. The van der Waals surface area contributed by atoms with Gasteiger partial charge in [-0.15, -0.1) is 5.10 Å². The lowest BCUT2D eigenvalue weighted by atomic mass is 9.86. The molecule has 0 bridgehead atoms. The molecule has 0 amide bonds. The number of nitrogens with two attached hydrogens (primary N) is 1. The third-order valence-corrected chi connectivity index (χ3v) is 4.12. The second kappa shape index (κ2) is 6.65. The summed E-state index contributed by atoms with van der Waals surface area (Å²) in [5, 5.41) is 23.1. The minimum Gasteiger partial charge on any atom is -0.381 e. The molecule has 2 atom stereocenters. The van der Waals surface area contributed by atoms with Crippen molar-refractivity contribution >= 4 is 0 Å². The molecular formula is C15H17F2N7O. The van der Waals surface area contributed by atoms with Crippen LogP contribution >= 0.6 is 0 Å². The van der Waals surface area contributed by atoms with Gasteiger partial charge in [0.1, 0.15) is 29.9 Å². The van der Waals surface area contributed by atoms with Crippen molar-refractivity contribution in [3.63, 3.8) is 0 Å². The van der Waals surface area contributed by atoms with Crippen molar-refractivity contribution in [2.24, 2.45) is 5.73 Å². The number of rotatable bonds is 6. The van der Waals surface area contributed by atoms with Crippen LogP contribution in [0.1, 0.15) is 24.2 Å². The molecule has 8 nitrogen and oxygen atoms in total. The smallest absolute Gasteiger partial charge is 0.137 e. The molecule has 2 heterocycles. The predicted molar refractivity (Wildman–Crippen MR) is 82.9 cm³/mol. The summed E-state index contributed by atoms with van der Waals surface area (Å²) in [5.74, 6) is -1.60. The van der Waals surface area contributed by atoms with Crippen molar-refractivity contribution in [3.05, 3.63) is 59.9 Å². The predicted octanol–water partition coefficient (Wildman–Crippen LogP) is 0.756. The van der Waals surface area contributed by atoms with Gasteiger partial charge < -0.3 is 10.8 Å². The van der Waals surface area contributed by atoms with Crippen LogP contribution in [0.15, 0.2) is 37.1 Å². The molecule has 3 N–H and O–H groups in total. The van der Waals surface area contributed by atoms with Crippen molar-refractivity contribution in [2.45, 2.75) is 31.7 Å². The quantitative estimate of drug-likeness (QED) is 0.680. The van der Waals surface area contributed by atoms with E-state index in [9.17, 15) is 13.9 Å². The van der Waals surface area contributed by atoms with Gasteiger partial charge in [-0.25, -0.2) is 23.1 Å². The second-order valence-electron chi connectivity index (χ2n) is 5.71. The SMILES string of the molecule is C[C@@H](n1cc(CN)nn1)[C@](O)(Cn1cncn1)c1ccc(F)cc1F. The molecule has 3 rings (SSSR count). The van der Waals surface area contributed by atoms with Crippen LogP contribution in [-0.4, -0.2) is 34.9 Å². The van der Waals surface area contributed by atoms with Gasteiger partial charge in [-0.1, -0.05) is 11.3 Å². The minimum absolute atomic E-state index is 0.0818. The fourth-order valence-corrected chi connectivity index (χ4v) is 2.66. The van der Waals surface area contributed by atoms with Crippen LogP contribution in [0.5, 0.6) is 0 Å². The van der Waals surface area contributed by atoms with Crippen LogP contribution in [0.4, 0.5) is 8.78 Å². The van der Waals surface area contributed by atoms with Gasteiger partial charge in [0.15, 0.2) is 0 Å². The Hall–Kier alpha value is -2.72. The largest absolute Gasteiger partial charge is 0.381 e. The van der Waals surface area contributed by atoms with Crippen LogP contribution < -0.4 is 5.73 Å². The molecule has 10 heteroatoms. The summed E-state index contributed by atoms with van der Waals surface area (Å²) in [6.45, 7) is 1.71. The van der Waals surface area contributed by atoms with E-state index < -0.39 is 23.3 Å². The lowest BCUT2D eigenvalue weighted by Gasteiger charge is -2.34. The van der Waals surface area contributed by atoms with Crippen molar-refractivity contribution in [2.75, 3.05) is 0 Å². The number of benzene rings is 1. The molecular weight excluding hydrogens is 332 g/mol. The Bertz CT molecular complexity index is 851. The van der Waals surface area contributed by atoms with E-state index in [1.807, 2.05) is 0 Å². The molecule has 1 aromatic carbocycles. The van der Waals surface area contributed by atoms with Crippen LogP contribution in [-0.2, 0) is 18.7 Å². The summed E-state index contributed by atoms with van der Waals surface area (Å²) in [6.07, 6.45) is 4.26. The molecule has 0 unspecified atom stereocenters. The highest BCUT2D eigenvalue weighted by Gasteiger charge is 2.41. The number of nitrogens with zero attached hydrogens (tertiary/aromatic N) is 6. The number of halogens is 2. The fourth-order valence-electron chi connectivity index (χ4n) is 2.66. The Morgan fingerprint density at radius 2 is 2.16 bits per heavy atom. The van der Waals surface area contributed by atoms with Gasteiger partial charge >= 0.3 is 0 Å². The van der Waals surface area contributed by atoms with Crippen molar-refractivity contribution in [3.8, 4) is 0 Å². The maximum atomic E-state index is 14.4. The monoisotopic (exact) mass is 349 g/mol. The van der Waals surface area contributed by atoms with Gasteiger partial charge in [-0.2, -0.15) is 5.10 Å². The Labute approximate surface area is 141 Å². The van der Waals surface area contributed by atoms with Crippen molar-refractivity contribution < 1.29 is 13.9 Å². The molecule has 132 valence electrons. The number of hydrogen-bond donors (Lipinski definition) is 2. The van der Waals surface area contributed by atoms with E-state index in [4.69, 9.17) is 5.73 Å². The van der Waals surface area contributed by atoms with E-state index in [1.165, 1.54) is 28.1 Å². The summed E-state index contributed by atoms with van der Waals surface area (Å²) >= 11 is 0. The molecule has 0 spiro atoms. The van der Waals surface area contributed by atoms with E-state index >= 15 is 0 Å². The molecule has 0 radical (unpaired) electrons. The highest BCUT2D eigenvalue weighted by molar-refractivity contribution is 5.26. The summed E-state index contributed by atoms with van der Waals surface area (Å²) in [6, 6.07) is 2.27. The van der Waals surface area contributed by atoms with Crippen LogP contribution in [0.3, 0.4) is 0 Å². The molecule has 3 aromatic rings. The van der Waals surface area contributed by atoms with Gasteiger partial charge in [0, 0.05) is 18.2 Å². The fraction of sp³-hybridized carbons (Fsp3) is 0.333. The van der Waals surface area contributed by atoms with Crippen LogP contribution in [0, 0.1) is 11.6 Å². The average Bonchev–Trinajstić information content (AvgIpc) is 3.25. The number of hydrogen-bond acceptors (Lipinski definition) is 6. The lowest BCUT2D eigenvalue weighted by Crippen LogP contribution is -2.41. The van der Waals surface area contributed by atoms with Crippen molar-refractivity contribution in [1.82, 2.24) is 29.8 Å². The first kappa shape index (κ1) is 17.1. The Morgan fingerprint density at radius 3 is 2.76 bits per heavy atom. The first-order chi connectivity index (χ1) is 11.9. The molecule has 0 aliphatic carbocycles. The number of aromatic nitrogens is 6.